The van der Waals surface area contributed by atoms with Gasteiger partial charge in [-0.15, -0.1) is 0 Å². The summed E-state index contributed by atoms with van der Waals surface area (Å²) in [4.78, 5) is 3.19. The molecule has 1 N–H and O–H groups in total. The minimum Gasteiger partial charge on any atom is -0.374 e. The Labute approximate surface area is 83.9 Å². The maximum atomic E-state index is 5.54. The van der Waals surface area contributed by atoms with Gasteiger partial charge in [0.2, 0.25) is 0 Å². The Hall–Kier alpha value is -1.28. The summed E-state index contributed by atoms with van der Waals surface area (Å²) in [6.07, 6.45) is 2.24. The quantitative estimate of drug-likeness (QED) is 0.788. The molecule has 0 aliphatic heterocycles. The van der Waals surface area contributed by atoms with Gasteiger partial charge in [0, 0.05) is 11.7 Å². The molecule has 0 saturated heterocycles. The van der Waals surface area contributed by atoms with Crippen molar-refractivity contribution in [2.24, 2.45) is 0 Å². The smallest absolute Gasteiger partial charge is 0.0721 e. The summed E-state index contributed by atoms with van der Waals surface area (Å²) in [5.74, 6) is 0. The topological polar surface area (TPSA) is 25.0 Å². The molecule has 1 aromatic carbocycles. The molecule has 2 aromatic rings. The van der Waals surface area contributed by atoms with Gasteiger partial charge in [0.1, 0.15) is 0 Å². The molecule has 2 heteroatoms. The number of nitrogens with one attached hydrogen (secondary N) is 1. The lowest BCUT2D eigenvalue weighted by molar-refractivity contribution is 0.0658. The molecular formula is C12H15NO. The first-order valence-electron chi connectivity index (χ1n) is 4.93. The molecule has 2 rings (SSSR count). The summed E-state index contributed by atoms with van der Waals surface area (Å²) < 4.78 is 5.54. The molecule has 0 aliphatic carbocycles. The normalized spacial score (nSPS) is 11.4. The van der Waals surface area contributed by atoms with Crippen molar-refractivity contribution in [1.29, 1.82) is 0 Å². The summed E-state index contributed by atoms with van der Waals surface area (Å²) in [6.45, 7) is 4.78. The molecule has 0 radical (unpaired) electrons. The predicted octanol–water partition coefficient (Wildman–Crippen LogP) is 3.09. The number of aromatic nitrogens is 1. The van der Waals surface area contributed by atoms with E-state index in [-0.39, 0.29) is 6.10 Å². The average Bonchev–Trinajstić information content (AvgIpc) is 2.61. The maximum absolute atomic E-state index is 5.54. The molecule has 1 heterocycles. The van der Waals surface area contributed by atoms with Crippen LogP contribution in [0.1, 0.15) is 19.4 Å². The zero-order valence-electron chi connectivity index (χ0n) is 8.58. The number of H-pyrrole nitrogens is 1. The third-order valence-electron chi connectivity index (χ3n) is 2.20. The Kier molecular flexibility index (Phi) is 2.55. The van der Waals surface area contributed by atoms with Crippen LogP contribution in [0, 0.1) is 0 Å². The SMILES string of the molecule is CC(C)OCc1ccc2cc[nH]c2c1. The van der Waals surface area contributed by atoms with Crippen molar-refractivity contribution < 1.29 is 4.74 Å². The van der Waals surface area contributed by atoms with Crippen molar-refractivity contribution in [3.8, 4) is 0 Å². The van der Waals surface area contributed by atoms with E-state index in [1.807, 2.05) is 20.0 Å². The fourth-order valence-electron chi connectivity index (χ4n) is 1.45. The summed E-state index contributed by atoms with van der Waals surface area (Å²) in [6, 6.07) is 8.43. The van der Waals surface area contributed by atoms with Gasteiger partial charge in [0.25, 0.3) is 0 Å². The zero-order chi connectivity index (χ0) is 9.97. The Morgan fingerprint density at radius 3 is 2.93 bits per heavy atom. The number of ether oxygens (including phenoxy) is 1. The standard InChI is InChI=1S/C12H15NO/c1-9(2)14-8-10-3-4-11-5-6-13-12(11)7-10/h3-7,9,13H,8H2,1-2H3. The lowest BCUT2D eigenvalue weighted by Crippen LogP contribution is -2.01. The van der Waals surface area contributed by atoms with Gasteiger partial charge in [-0.05, 0) is 36.9 Å². The van der Waals surface area contributed by atoms with Crippen LogP contribution in [-0.4, -0.2) is 11.1 Å². The maximum Gasteiger partial charge on any atom is 0.0721 e. The molecule has 0 bridgehead atoms. The van der Waals surface area contributed by atoms with E-state index in [2.05, 4.69) is 29.2 Å². The number of rotatable bonds is 3. The first-order valence-corrected chi connectivity index (χ1v) is 4.93. The van der Waals surface area contributed by atoms with E-state index in [9.17, 15) is 0 Å². The summed E-state index contributed by atoms with van der Waals surface area (Å²) >= 11 is 0. The van der Waals surface area contributed by atoms with Crippen LogP contribution in [-0.2, 0) is 11.3 Å². The monoisotopic (exact) mass is 189 g/mol. The molecule has 0 spiro atoms. The highest BCUT2D eigenvalue weighted by atomic mass is 16.5. The van der Waals surface area contributed by atoms with E-state index in [4.69, 9.17) is 4.74 Å². The number of aromatic amines is 1. The molecule has 0 atom stereocenters. The fraction of sp³-hybridized carbons (Fsp3) is 0.333. The van der Waals surface area contributed by atoms with E-state index in [1.165, 1.54) is 16.5 Å². The van der Waals surface area contributed by atoms with Crippen molar-refractivity contribution in [2.75, 3.05) is 0 Å². The summed E-state index contributed by atoms with van der Waals surface area (Å²) in [5.41, 5.74) is 2.39. The first-order chi connectivity index (χ1) is 6.75. The van der Waals surface area contributed by atoms with Crippen LogP contribution < -0.4 is 0 Å². The van der Waals surface area contributed by atoms with Crippen LogP contribution in [0.5, 0.6) is 0 Å². The second-order valence-corrected chi connectivity index (χ2v) is 3.76. The van der Waals surface area contributed by atoms with Crippen molar-refractivity contribution >= 4 is 10.9 Å². The molecule has 0 unspecified atom stereocenters. The van der Waals surface area contributed by atoms with Crippen molar-refractivity contribution in [3.05, 3.63) is 36.0 Å². The number of fused-ring (bicyclic) bond motifs is 1. The van der Waals surface area contributed by atoms with E-state index < -0.39 is 0 Å². The predicted molar refractivity (Wildman–Crippen MR) is 58.2 cm³/mol. The highest BCUT2D eigenvalue weighted by Crippen LogP contribution is 2.15. The minimum atomic E-state index is 0.286. The largest absolute Gasteiger partial charge is 0.374 e. The molecule has 1 aromatic heterocycles. The number of benzene rings is 1. The van der Waals surface area contributed by atoms with Crippen LogP contribution in [0.4, 0.5) is 0 Å². The van der Waals surface area contributed by atoms with Crippen molar-refractivity contribution in [1.82, 2.24) is 4.98 Å². The van der Waals surface area contributed by atoms with Crippen LogP contribution in [0.3, 0.4) is 0 Å². The van der Waals surface area contributed by atoms with Gasteiger partial charge >= 0.3 is 0 Å². The summed E-state index contributed by atoms with van der Waals surface area (Å²) in [7, 11) is 0. The Balaban J connectivity index is 2.17. The molecule has 0 aliphatic rings. The van der Waals surface area contributed by atoms with Gasteiger partial charge in [0.05, 0.1) is 12.7 Å². The fourth-order valence-corrected chi connectivity index (χ4v) is 1.45. The third-order valence-corrected chi connectivity index (χ3v) is 2.20. The van der Waals surface area contributed by atoms with E-state index >= 15 is 0 Å². The Bertz CT molecular complexity index is 417. The molecule has 14 heavy (non-hydrogen) atoms. The molecule has 0 amide bonds. The highest BCUT2D eigenvalue weighted by Gasteiger charge is 1.98. The zero-order valence-corrected chi connectivity index (χ0v) is 8.58. The van der Waals surface area contributed by atoms with Gasteiger partial charge < -0.3 is 9.72 Å². The molecule has 0 fully saturated rings. The molecule has 2 nitrogen and oxygen atoms in total. The van der Waals surface area contributed by atoms with Crippen molar-refractivity contribution in [2.45, 2.75) is 26.6 Å². The molecule has 0 saturated carbocycles. The third kappa shape index (κ3) is 1.96. The number of hydrogen-bond donors (Lipinski definition) is 1. The van der Waals surface area contributed by atoms with Crippen LogP contribution >= 0.6 is 0 Å². The van der Waals surface area contributed by atoms with E-state index in [0.717, 1.165) is 0 Å². The minimum absolute atomic E-state index is 0.286. The lowest BCUT2D eigenvalue weighted by atomic mass is 10.2. The highest BCUT2D eigenvalue weighted by molar-refractivity contribution is 5.79. The van der Waals surface area contributed by atoms with Gasteiger partial charge in [-0.2, -0.15) is 0 Å². The lowest BCUT2D eigenvalue weighted by Gasteiger charge is -2.07. The van der Waals surface area contributed by atoms with Crippen LogP contribution in [0.2, 0.25) is 0 Å². The van der Waals surface area contributed by atoms with E-state index in [0.29, 0.717) is 6.61 Å². The van der Waals surface area contributed by atoms with Crippen LogP contribution in [0.15, 0.2) is 30.5 Å². The van der Waals surface area contributed by atoms with Crippen LogP contribution in [0.25, 0.3) is 10.9 Å². The van der Waals surface area contributed by atoms with Gasteiger partial charge in [0.15, 0.2) is 0 Å². The first kappa shape index (κ1) is 9.28. The number of hydrogen-bond acceptors (Lipinski definition) is 1. The average molecular weight is 189 g/mol. The van der Waals surface area contributed by atoms with Gasteiger partial charge in [-0.1, -0.05) is 12.1 Å². The second-order valence-electron chi connectivity index (χ2n) is 3.76. The van der Waals surface area contributed by atoms with Gasteiger partial charge in [-0.25, -0.2) is 0 Å². The summed E-state index contributed by atoms with van der Waals surface area (Å²) in [5, 5.41) is 1.25. The molecular weight excluding hydrogens is 174 g/mol. The molecule has 74 valence electrons. The Morgan fingerprint density at radius 2 is 2.14 bits per heavy atom. The van der Waals surface area contributed by atoms with Gasteiger partial charge in [-0.3, -0.25) is 0 Å². The van der Waals surface area contributed by atoms with Crippen molar-refractivity contribution in [3.63, 3.8) is 0 Å². The second kappa shape index (κ2) is 3.84. The Morgan fingerprint density at radius 1 is 1.29 bits per heavy atom. The van der Waals surface area contributed by atoms with E-state index in [1.54, 1.807) is 0 Å².